The Labute approximate surface area is 112 Å². The first-order valence-corrected chi connectivity index (χ1v) is 6.23. The molecule has 0 saturated carbocycles. The second-order valence-corrected chi connectivity index (χ2v) is 4.24. The van der Waals surface area contributed by atoms with Crippen LogP contribution in [0.3, 0.4) is 0 Å². The van der Waals surface area contributed by atoms with Gasteiger partial charge in [-0.2, -0.15) is 0 Å². The van der Waals surface area contributed by atoms with E-state index in [1.807, 2.05) is 18.2 Å². The van der Waals surface area contributed by atoms with Gasteiger partial charge in [0.15, 0.2) is 0 Å². The van der Waals surface area contributed by atoms with Crippen molar-refractivity contribution in [3.63, 3.8) is 0 Å². The van der Waals surface area contributed by atoms with Crippen LogP contribution in [0.4, 0.5) is 0 Å². The van der Waals surface area contributed by atoms with Crippen LogP contribution < -0.4 is 5.73 Å². The van der Waals surface area contributed by atoms with Gasteiger partial charge in [-0.1, -0.05) is 59.7 Å². The normalized spacial score (nSPS) is 8.56. The van der Waals surface area contributed by atoms with E-state index in [1.165, 1.54) is 29.3 Å². The lowest BCUT2D eigenvalue weighted by molar-refractivity contribution is 1.30. The predicted molar refractivity (Wildman–Crippen MR) is 81.9 cm³/mol. The van der Waals surface area contributed by atoms with Gasteiger partial charge in [-0.25, -0.2) is 0 Å². The van der Waals surface area contributed by atoms with Gasteiger partial charge in [0.2, 0.25) is 0 Å². The van der Waals surface area contributed by atoms with Crippen molar-refractivity contribution in [1.29, 1.82) is 0 Å². The average Bonchev–Trinajstić information content (AvgIpc) is 2.38. The van der Waals surface area contributed by atoms with Crippen LogP contribution in [0.25, 0.3) is 0 Å². The molecule has 0 aliphatic carbocycles. The highest BCUT2D eigenvalue weighted by molar-refractivity contribution is 5.28. The molecular weight excluding hydrogens is 218 g/mol. The molecule has 1 nitrogen and oxygen atoms in total. The topological polar surface area (TPSA) is 26.0 Å². The van der Waals surface area contributed by atoms with Gasteiger partial charge in [0.25, 0.3) is 0 Å². The standard InChI is InChI=1S/C9H12.C7H8.CH5N/c1-7-4-5-8(2)9(3)6-7;1-7-5-3-2-4-6-7;1-2/h4-6H,1-3H3;2-6H,1H3;2H2,1H3. The monoisotopic (exact) mass is 243 g/mol. The molecule has 0 unspecified atom stereocenters. The van der Waals surface area contributed by atoms with Gasteiger partial charge in [-0.05, 0) is 45.9 Å². The first kappa shape index (κ1) is 16.4. The van der Waals surface area contributed by atoms with Crippen molar-refractivity contribution < 1.29 is 0 Å². The largest absolute Gasteiger partial charge is 0.333 e. The van der Waals surface area contributed by atoms with Crippen LogP contribution in [-0.4, -0.2) is 7.05 Å². The Balaban J connectivity index is 0.000000289. The summed E-state index contributed by atoms with van der Waals surface area (Å²) in [5, 5.41) is 0. The molecule has 2 aromatic carbocycles. The lowest BCUT2D eigenvalue weighted by Crippen LogP contribution is -1.79. The van der Waals surface area contributed by atoms with Crippen LogP contribution in [0.5, 0.6) is 0 Å². The molecule has 2 N–H and O–H groups in total. The molecule has 0 aliphatic heterocycles. The molecule has 0 aromatic heterocycles. The lowest BCUT2D eigenvalue weighted by atomic mass is 10.1. The second kappa shape index (κ2) is 9.43. The Morgan fingerprint density at radius 2 is 1.17 bits per heavy atom. The summed E-state index contributed by atoms with van der Waals surface area (Å²) in [5.41, 5.74) is 9.93. The summed E-state index contributed by atoms with van der Waals surface area (Å²) in [6, 6.07) is 16.8. The highest BCUT2D eigenvalue weighted by Gasteiger charge is 1.89. The van der Waals surface area contributed by atoms with E-state index in [9.17, 15) is 0 Å². The van der Waals surface area contributed by atoms with Gasteiger partial charge < -0.3 is 5.73 Å². The van der Waals surface area contributed by atoms with Crippen LogP contribution in [0.15, 0.2) is 48.5 Å². The summed E-state index contributed by atoms with van der Waals surface area (Å²) in [7, 11) is 1.50. The minimum atomic E-state index is 1.32. The molecule has 0 spiro atoms. The smallest absolute Gasteiger partial charge is 0.0195 e. The fourth-order valence-corrected chi connectivity index (χ4v) is 1.43. The minimum absolute atomic E-state index is 1.32. The van der Waals surface area contributed by atoms with Crippen molar-refractivity contribution in [2.45, 2.75) is 27.7 Å². The van der Waals surface area contributed by atoms with E-state index in [-0.39, 0.29) is 0 Å². The molecule has 0 radical (unpaired) electrons. The summed E-state index contributed by atoms with van der Waals surface area (Å²) in [6.45, 7) is 8.48. The Hall–Kier alpha value is -1.60. The molecule has 0 fully saturated rings. The maximum Gasteiger partial charge on any atom is -0.0195 e. The van der Waals surface area contributed by atoms with E-state index in [1.54, 1.807) is 0 Å². The Morgan fingerprint density at radius 1 is 0.611 bits per heavy atom. The first-order chi connectivity index (χ1) is 8.59. The maximum atomic E-state index is 4.50. The average molecular weight is 243 g/mol. The first-order valence-electron chi connectivity index (χ1n) is 6.23. The summed E-state index contributed by atoms with van der Waals surface area (Å²) in [5.74, 6) is 0. The van der Waals surface area contributed by atoms with E-state index in [4.69, 9.17) is 0 Å². The zero-order valence-electron chi connectivity index (χ0n) is 12.2. The number of hydrogen-bond donors (Lipinski definition) is 1. The highest BCUT2D eigenvalue weighted by atomic mass is 14.4. The van der Waals surface area contributed by atoms with Crippen LogP contribution >= 0.6 is 0 Å². The number of nitrogens with two attached hydrogens (primary N) is 1. The molecule has 2 rings (SSSR count). The minimum Gasteiger partial charge on any atom is -0.333 e. The molecule has 0 bridgehead atoms. The van der Waals surface area contributed by atoms with Gasteiger partial charge in [-0.15, -0.1) is 0 Å². The van der Waals surface area contributed by atoms with Crippen molar-refractivity contribution in [2.24, 2.45) is 5.73 Å². The van der Waals surface area contributed by atoms with Crippen molar-refractivity contribution >= 4 is 0 Å². The van der Waals surface area contributed by atoms with E-state index in [0.717, 1.165) is 0 Å². The quantitative estimate of drug-likeness (QED) is 0.738. The van der Waals surface area contributed by atoms with E-state index >= 15 is 0 Å². The molecular formula is C17H25N. The van der Waals surface area contributed by atoms with Crippen molar-refractivity contribution in [1.82, 2.24) is 0 Å². The Bertz CT molecular complexity index is 433. The predicted octanol–water partition coefficient (Wildman–Crippen LogP) is 4.18. The highest BCUT2D eigenvalue weighted by Crippen LogP contribution is 2.07. The molecule has 98 valence electrons. The van der Waals surface area contributed by atoms with Crippen LogP contribution in [0.2, 0.25) is 0 Å². The van der Waals surface area contributed by atoms with E-state index in [0.29, 0.717) is 0 Å². The molecule has 0 aliphatic rings. The van der Waals surface area contributed by atoms with E-state index in [2.05, 4.69) is 63.8 Å². The summed E-state index contributed by atoms with van der Waals surface area (Å²) >= 11 is 0. The summed E-state index contributed by atoms with van der Waals surface area (Å²) in [4.78, 5) is 0. The van der Waals surface area contributed by atoms with Crippen LogP contribution in [-0.2, 0) is 0 Å². The summed E-state index contributed by atoms with van der Waals surface area (Å²) < 4.78 is 0. The third kappa shape index (κ3) is 6.87. The van der Waals surface area contributed by atoms with Gasteiger partial charge in [0.1, 0.15) is 0 Å². The Morgan fingerprint density at radius 3 is 1.50 bits per heavy atom. The third-order valence-electron chi connectivity index (χ3n) is 2.60. The fraction of sp³-hybridized carbons (Fsp3) is 0.294. The van der Waals surface area contributed by atoms with E-state index < -0.39 is 0 Å². The molecule has 1 heteroatoms. The summed E-state index contributed by atoms with van der Waals surface area (Å²) in [6.07, 6.45) is 0. The van der Waals surface area contributed by atoms with Crippen LogP contribution in [0, 0.1) is 27.7 Å². The van der Waals surface area contributed by atoms with Gasteiger partial charge >= 0.3 is 0 Å². The third-order valence-corrected chi connectivity index (χ3v) is 2.60. The number of benzene rings is 2. The zero-order chi connectivity index (χ0) is 14.0. The second-order valence-electron chi connectivity index (χ2n) is 4.24. The number of rotatable bonds is 0. The van der Waals surface area contributed by atoms with Crippen LogP contribution in [0.1, 0.15) is 22.3 Å². The van der Waals surface area contributed by atoms with Crippen molar-refractivity contribution in [2.75, 3.05) is 7.05 Å². The van der Waals surface area contributed by atoms with Gasteiger partial charge in [0.05, 0.1) is 0 Å². The van der Waals surface area contributed by atoms with Gasteiger partial charge in [-0.3, -0.25) is 0 Å². The fourth-order valence-electron chi connectivity index (χ4n) is 1.43. The van der Waals surface area contributed by atoms with Crippen molar-refractivity contribution in [3.8, 4) is 0 Å². The zero-order valence-corrected chi connectivity index (χ0v) is 12.2. The molecule has 0 saturated heterocycles. The molecule has 18 heavy (non-hydrogen) atoms. The SMILES string of the molecule is CN.Cc1ccc(C)c(C)c1.Cc1ccccc1. The Kier molecular flexibility index (Phi) is 8.59. The maximum absolute atomic E-state index is 4.50. The molecule has 2 aromatic rings. The molecule has 0 atom stereocenters. The number of hydrogen-bond acceptors (Lipinski definition) is 1. The van der Waals surface area contributed by atoms with Crippen molar-refractivity contribution in [3.05, 3.63) is 70.8 Å². The lowest BCUT2D eigenvalue weighted by Gasteiger charge is -1.98. The molecule has 0 amide bonds. The number of aryl methyl sites for hydroxylation is 4. The molecule has 0 heterocycles. The van der Waals surface area contributed by atoms with Gasteiger partial charge in [0, 0.05) is 0 Å².